The number of aryl methyl sites for hydroxylation is 1. The zero-order valence-electron chi connectivity index (χ0n) is 10.3. The molecule has 3 N–H and O–H groups in total. The lowest BCUT2D eigenvalue weighted by molar-refractivity contribution is -0.129. The van der Waals surface area contributed by atoms with Crippen molar-refractivity contribution in [3.8, 4) is 0 Å². The van der Waals surface area contributed by atoms with Crippen LogP contribution in [0.4, 0.5) is 0 Å². The average molecular weight is 232 g/mol. The summed E-state index contributed by atoms with van der Waals surface area (Å²) in [6, 6.07) is 8.24. The number of carbonyl (C=O) groups excluding carboxylic acids is 1. The molecule has 17 heavy (non-hydrogen) atoms. The van der Waals surface area contributed by atoms with Crippen LogP contribution in [-0.2, 0) is 11.2 Å². The third-order valence-corrected chi connectivity index (χ3v) is 3.87. The van der Waals surface area contributed by atoms with Crippen LogP contribution in [0.15, 0.2) is 24.3 Å². The summed E-state index contributed by atoms with van der Waals surface area (Å²) in [4.78, 5) is 11.8. The van der Waals surface area contributed by atoms with Crippen molar-refractivity contribution in [1.82, 2.24) is 5.32 Å². The summed E-state index contributed by atoms with van der Waals surface area (Å²) in [7, 11) is 0. The molecule has 3 nitrogen and oxygen atoms in total. The van der Waals surface area contributed by atoms with E-state index in [2.05, 4.69) is 24.4 Å². The number of amides is 1. The van der Waals surface area contributed by atoms with Crippen LogP contribution in [0.3, 0.4) is 0 Å². The van der Waals surface area contributed by atoms with Crippen molar-refractivity contribution in [2.45, 2.75) is 26.2 Å². The van der Waals surface area contributed by atoms with Crippen molar-refractivity contribution in [1.29, 1.82) is 0 Å². The normalized spacial score (nSPS) is 18.9. The van der Waals surface area contributed by atoms with Gasteiger partial charge in [0.2, 0.25) is 5.91 Å². The number of primary amides is 1. The monoisotopic (exact) mass is 232 g/mol. The highest BCUT2D eigenvalue weighted by molar-refractivity contribution is 5.81. The van der Waals surface area contributed by atoms with E-state index < -0.39 is 0 Å². The maximum atomic E-state index is 11.8. The van der Waals surface area contributed by atoms with Crippen LogP contribution in [0.5, 0.6) is 0 Å². The molecule has 92 valence electrons. The Kier molecular flexibility index (Phi) is 3.48. The Morgan fingerprint density at radius 2 is 2.00 bits per heavy atom. The molecule has 0 spiro atoms. The second-order valence-electron chi connectivity index (χ2n) is 5.00. The summed E-state index contributed by atoms with van der Waals surface area (Å²) in [5.74, 6) is -0.151. The molecule has 0 aromatic heterocycles. The fourth-order valence-electron chi connectivity index (χ4n) is 2.59. The standard InChI is InChI=1S/C14H20N2O/c1-11-4-2-3-5-12(11)10-14(13(15)17)6-8-16-9-7-14/h2-5,16H,6-10H2,1H3,(H2,15,17). The molecule has 1 aliphatic heterocycles. The van der Waals surface area contributed by atoms with Crippen molar-refractivity contribution in [3.63, 3.8) is 0 Å². The molecule has 0 bridgehead atoms. The molecule has 1 aromatic carbocycles. The topological polar surface area (TPSA) is 55.1 Å². The second kappa shape index (κ2) is 4.88. The van der Waals surface area contributed by atoms with Gasteiger partial charge in [0.1, 0.15) is 0 Å². The van der Waals surface area contributed by atoms with Crippen molar-refractivity contribution < 1.29 is 4.79 Å². The molecule has 3 heteroatoms. The van der Waals surface area contributed by atoms with Crippen LogP contribution < -0.4 is 11.1 Å². The van der Waals surface area contributed by atoms with E-state index in [-0.39, 0.29) is 11.3 Å². The van der Waals surface area contributed by atoms with Gasteiger partial charge in [0.15, 0.2) is 0 Å². The first-order chi connectivity index (χ1) is 8.14. The predicted octanol–water partition coefficient (Wildman–Crippen LogP) is 1.39. The van der Waals surface area contributed by atoms with Crippen molar-refractivity contribution >= 4 is 5.91 Å². The molecule has 1 saturated heterocycles. The predicted molar refractivity (Wildman–Crippen MR) is 68.6 cm³/mol. The van der Waals surface area contributed by atoms with Gasteiger partial charge in [0, 0.05) is 0 Å². The molecule has 2 rings (SSSR count). The summed E-state index contributed by atoms with van der Waals surface area (Å²) < 4.78 is 0. The van der Waals surface area contributed by atoms with Gasteiger partial charge in [-0.15, -0.1) is 0 Å². The highest BCUT2D eigenvalue weighted by Gasteiger charge is 2.38. The smallest absolute Gasteiger partial charge is 0.224 e. The number of hydrogen-bond donors (Lipinski definition) is 2. The fraction of sp³-hybridized carbons (Fsp3) is 0.500. The van der Waals surface area contributed by atoms with E-state index in [1.54, 1.807) is 0 Å². The molecule has 0 aliphatic carbocycles. The average Bonchev–Trinajstić information content (AvgIpc) is 2.33. The zero-order chi connectivity index (χ0) is 12.3. The largest absolute Gasteiger partial charge is 0.369 e. The quantitative estimate of drug-likeness (QED) is 0.827. The van der Waals surface area contributed by atoms with Gasteiger partial charge in [-0.2, -0.15) is 0 Å². The number of nitrogens with two attached hydrogens (primary N) is 1. The van der Waals surface area contributed by atoms with E-state index in [0.717, 1.165) is 32.4 Å². The minimum Gasteiger partial charge on any atom is -0.369 e. The molecule has 1 fully saturated rings. The van der Waals surface area contributed by atoms with Gasteiger partial charge in [-0.1, -0.05) is 24.3 Å². The summed E-state index contributed by atoms with van der Waals surface area (Å²) in [6.07, 6.45) is 2.46. The Bertz CT molecular complexity index is 408. The summed E-state index contributed by atoms with van der Waals surface area (Å²) in [5.41, 5.74) is 7.77. The van der Waals surface area contributed by atoms with Crippen LogP contribution in [0.1, 0.15) is 24.0 Å². The van der Waals surface area contributed by atoms with Crippen LogP contribution in [0.25, 0.3) is 0 Å². The summed E-state index contributed by atoms with van der Waals surface area (Å²) in [6.45, 7) is 3.86. The third-order valence-electron chi connectivity index (χ3n) is 3.87. The Hall–Kier alpha value is -1.35. The number of nitrogens with one attached hydrogen (secondary N) is 1. The van der Waals surface area contributed by atoms with Gasteiger partial charge >= 0.3 is 0 Å². The van der Waals surface area contributed by atoms with Gasteiger partial charge < -0.3 is 11.1 Å². The minimum atomic E-state index is -0.350. The molecule has 0 atom stereocenters. The first-order valence-corrected chi connectivity index (χ1v) is 6.19. The van der Waals surface area contributed by atoms with Crippen LogP contribution in [0, 0.1) is 12.3 Å². The first kappa shape index (κ1) is 12.1. The molecule has 1 aliphatic rings. The number of piperidine rings is 1. The minimum absolute atomic E-state index is 0.151. The molecule has 0 saturated carbocycles. The Labute approximate surface area is 102 Å². The van der Waals surface area contributed by atoms with Crippen LogP contribution in [-0.4, -0.2) is 19.0 Å². The maximum Gasteiger partial charge on any atom is 0.224 e. The van der Waals surface area contributed by atoms with Crippen LogP contribution >= 0.6 is 0 Å². The lowest BCUT2D eigenvalue weighted by atomic mass is 9.73. The first-order valence-electron chi connectivity index (χ1n) is 6.19. The molecule has 1 amide bonds. The molecular formula is C14H20N2O. The van der Waals surface area contributed by atoms with Gasteiger partial charge in [-0.25, -0.2) is 0 Å². The number of rotatable bonds is 3. The van der Waals surface area contributed by atoms with E-state index in [9.17, 15) is 4.79 Å². The van der Waals surface area contributed by atoms with Gasteiger partial charge in [-0.3, -0.25) is 4.79 Å². The molecule has 1 aromatic rings. The third kappa shape index (κ3) is 2.50. The van der Waals surface area contributed by atoms with E-state index in [4.69, 9.17) is 5.73 Å². The zero-order valence-corrected chi connectivity index (χ0v) is 10.3. The molecule has 0 unspecified atom stereocenters. The van der Waals surface area contributed by atoms with Crippen molar-refractivity contribution in [2.75, 3.05) is 13.1 Å². The van der Waals surface area contributed by atoms with Gasteiger partial charge in [0.25, 0.3) is 0 Å². The van der Waals surface area contributed by atoms with E-state index >= 15 is 0 Å². The number of hydrogen-bond acceptors (Lipinski definition) is 2. The number of carbonyl (C=O) groups is 1. The van der Waals surface area contributed by atoms with E-state index in [0.29, 0.717) is 0 Å². The molecular weight excluding hydrogens is 212 g/mol. The summed E-state index contributed by atoms with van der Waals surface area (Å²) >= 11 is 0. The lowest BCUT2D eigenvalue weighted by Crippen LogP contribution is -2.47. The number of benzene rings is 1. The fourth-order valence-corrected chi connectivity index (χ4v) is 2.59. The Morgan fingerprint density at radius 3 is 2.59 bits per heavy atom. The Morgan fingerprint density at radius 1 is 1.35 bits per heavy atom. The molecule has 0 radical (unpaired) electrons. The maximum absolute atomic E-state index is 11.8. The Balaban J connectivity index is 2.24. The second-order valence-corrected chi connectivity index (χ2v) is 5.00. The van der Waals surface area contributed by atoms with E-state index in [1.807, 2.05) is 12.1 Å². The van der Waals surface area contributed by atoms with Crippen LogP contribution in [0.2, 0.25) is 0 Å². The highest BCUT2D eigenvalue weighted by Crippen LogP contribution is 2.33. The SMILES string of the molecule is Cc1ccccc1CC1(C(N)=O)CCNCC1. The highest BCUT2D eigenvalue weighted by atomic mass is 16.1. The lowest BCUT2D eigenvalue weighted by Gasteiger charge is -2.35. The molecule has 1 heterocycles. The van der Waals surface area contributed by atoms with Crippen molar-refractivity contribution in [3.05, 3.63) is 35.4 Å². The van der Waals surface area contributed by atoms with Crippen molar-refractivity contribution in [2.24, 2.45) is 11.1 Å². The summed E-state index contributed by atoms with van der Waals surface area (Å²) in [5, 5.41) is 3.29. The van der Waals surface area contributed by atoms with Gasteiger partial charge in [-0.05, 0) is 50.4 Å². The van der Waals surface area contributed by atoms with Gasteiger partial charge in [0.05, 0.1) is 5.41 Å². The van der Waals surface area contributed by atoms with E-state index in [1.165, 1.54) is 11.1 Å².